The summed E-state index contributed by atoms with van der Waals surface area (Å²) in [5.74, 6) is -0.244. The topological polar surface area (TPSA) is 86.3 Å². The number of rotatable bonds is 5. The number of aromatic nitrogens is 2. The average molecular weight is 279 g/mol. The van der Waals surface area contributed by atoms with Crippen molar-refractivity contribution in [3.05, 3.63) is 27.9 Å². The number of aliphatic carboxylic acids is 1. The van der Waals surface area contributed by atoms with Gasteiger partial charge in [-0.2, -0.15) is 0 Å². The largest absolute Gasteiger partial charge is 0.481 e. The number of nitrogens with zero attached hydrogens (tertiary/aromatic N) is 2. The van der Waals surface area contributed by atoms with Crippen LogP contribution in [0.25, 0.3) is 0 Å². The van der Waals surface area contributed by atoms with E-state index >= 15 is 0 Å². The van der Waals surface area contributed by atoms with Crippen LogP contribution < -0.4 is 5.56 Å². The van der Waals surface area contributed by atoms with Crippen molar-refractivity contribution in [2.45, 2.75) is 33.2 Å². The van der Waals surface area contributed by atoms with Crippen molar-refractivity contribution in [2.75, 3.05) is 13.1 Å². The number of carbonyl (C=O) groups is 1. The summed E-state index contributed by atoms with van der Waals surface area (Å²) in [6.45, 7) is 5.65. The molecule has 1 aliphatic rings. The maximum absolute atomic E-state index is 11.4. The normalized spacial score (nSPS) is 23.1. The first-order valence-corrected chi connectivity index (χ1v) is 7.01. The molecule has 0 amide bonds. The number of likely N-dealkylation sites (tertiary alicyclic amines) is 1. The van der Waals surface area contributed by atoms with Crippen molar-refractivity contribution >= 4 is 5.97 Å². The predicted octanol–water partition coefficient (Wildman–Crippen LogP) is 1.01. The first kappa shape index (κ1) is 14.7. The van der Waals surface area contributed by atoms with Crippen LogP contribution in [0.4, 0.5) is 0 Å². The van der Waals surface area contributed by atoms with Gasteiger partial charge in [-0.1, -0.05) is 13.3 Å². The first-order chi connectivity index (χ1) is 9.49. The fraction of sp³-hybridized carbons (Fsp3) is 0.643. The van der Waals surface area contributed by atoms with E-state index in [9.17, 15) is 14.7 Å². The Labute approximate surface area is 117 Å². The summed E-state index contributed by atoms with van der Waals surface area (Å²) in [6, 6.07) is 1.48. The Morgan fingerprint density at radius 1 is 1.55 bits per heavy atom. The van der Waals surface area contributed by atoms with Crippen LogP contribution in [-0.4, -0.2) is 39.0 Å². The highest BCUT2D eigenvalue weighted by molar-refractivity contribution is 5.71. The van der Waals surface area contributed by atoms with Gasteiger partial charge < -0.3 is 10.1 Å². The van der Waals surface area contributed by atoms with Crippen molar-refractivity contribution in [2.24, 2.45) is 11.8 Å². The van der Waals surface area contributed by atoms with Gasteiger partial charge in [0.05, 0.1) is 11.6 Å². The summed E-state index contributed by atoms with van der Waals surface area (Å²) < 4.78 is 0. The second kappa shape index (κ2) is 6.17. The Morgan fingerprint density at radius 2 is 2.30 bits per heavy atom. The molecule has 0 saturated carbocycles. The summed E-state index contributed by atoms with van der Waals surface area (Å²) in [7, 11) is 0. The molecule has 6 nitrogen and oxygen atoms in total. The molecule has 0 aromatic carbocycles. The molecule has 1 fully saturated rings. The number of carboxylic acid groups (broad SMARTS) is 1. The average Bonchev–Trinajstić information content (AvgIpc) is 2.71. The molecule has 0 radical (unpaired) electrons. The van der Waals surface area contributed by atoms with Crippen LogP contribution in [0.3, 0.4) is 0 Å². The molecule has 2 rings (SSSR count). The molecular formula is C14H21N3O3. The molecule has 0 spiro atoms. The number of hydrogen-bond donors (Lipinski definition) is 2. The Bertz CT molecular complexity index is 541. The highest BCUT2D eigenvalue weighted by Gasteiger charge is 2.36. The molecule has 0 aliphatic carbocycles. The predicted molar refractivity (Wildman–Crippen MR) is 74.4 cm³/mol. The van der Waals surface area contributed by atoms with Gasteiger partial charge in [0.25, 0.3) is 5.56 Å². The van der Waals surface area contributed by atoms with E-state index in [1.165, 1.54) is 6.07 Å². The van der Waals surface area contributed by atoms with Gasteiger partial charge >= 0.3 is 5.97 Å². The maximum atomic E-state index is 11.4. The summed E-state index contributed by atoms with van der Waals surface area (Å²) in [6.07, 6.45) is 1.92. The molecule has 1 aliphatic heterocycles. The van der Waals surface area contributed by atoms with Gasteiger partial charge in [0.2, 0.25) is 0 Å². The molecule has 0 bridgehead atoms. The third-order valence-electron chi connectivity index (χ3n) is 3.79. The molecule has 0 unspecified atom stereocenters. The minimum atomic E-state index is -0.721. The van der Waals surface area contributed by atoms with E-state index in [1.54, 1.807) is 6.92 Å². The molecule has 2 atom stereocenters. The van der Waals surface area contributed by atoms with Crippen molar-refractivity contribution in [1.82, 2.24) is 14.9 Å². The van der Waals surface area contributed by atoms with E-state index in [2.05, 4.69) is 21.8 Å². The van der Waals surface area contributed by atoms with Crippen LogP contribution in [0.15, 0.2) is 10.9 Å². The van der Waals surface area contributed by atoms with Gasteiger partial charge in [0.15, 0.2) is 0 Å². The number of hydrogen-bond acceptors (Lipinski definition) is 4. The van der Waals surface area contributed by atoms with Gasteiger partial charge in [0.1, 0.15) is 5.82 Å². The first-order valence-electron chi connectivity index (χ1n) is 7.01. The number of nitrogens with one attached hydrogen (secondary N) is 1. The minimum absolute atomic E-state index is 0.161. The Kier molecular flexibility index (Phi) is 4.54. The monoisotopic (exact) mass is 279 g/mol. The minimum Gasteiger partial charge on any atom is -0.481 e. The highest BCUT2D eigenvalue weighted by Crippen LogP contribution is 2.28. The van der Waals surface area contributed by atoms with Crippen LogP contribution in [-0.2, 0) is 11.3 Å². The number of aromatic amines is 1. The Balaban J connectivity index is 2.07. The van der Waals surface area contributed by atoms with Crippen LogP contribution in [0, 0.1) is 18.8 Å². The van der Waals surface area contributed by atoms with Crippen LogP contribution >= 0.6 is 0 Å². The number of carboxylic acids is 1. The summed E-state index contributed by atoms with van der Waals surface area (Å²) in [4.78, 5) is 31.7. The van der Waals surface area contributed by atoms with E-state index in [0.29, 0.717) is 24.6 Å². The zero-order valence-electron chi connectivity index (χ0n) is 11.9. The van der Waals surface area contributed by atoms with Crippen LogP contribution in [0.2, 0.25) is 0 Å². The lowest BCUT2D eigenvalue weighted by Gasteiger charge is -2.15. The van der Waals surface area contributed by atoms with Gasteiger partial charge in [-0.3, -0.25) is 14.5 Å². The fourth-order valence-electron chi connectivity index (χ4n) is 2.98. The summed E-state index contributed by atoms with van der Waals surface area (Å²) in [5, 5.41) is 9.29. The molecule has 1 saturated heterocycles. The molecule has 2 N–H and O–H groups in total. The lowest BCUT2D eigenvalue weighted by molar-refractivity contribution is -0.142. The number of H-pyrrole nitrogens is 1. The lowest BCUT2D eigenvalue weighted by atomic mass is 9.92. The zero-order chi connectivity index (χ0) is 14.7. The molecular weight excluding hydrogens is 258 g/mol. The summed E-state index contributed by atoms with van der Waals surface area (Å²) >= 11 is 0. The maximum Gasteiger partial charge on any atom is 0.308 e. The molecule has 1 aromatic rings. The van der Waals surface area contributed by atoms with E-state index in [1.807, 2.05) is 0 Å². The second-order valence-electron chi connectivity index (χ2n) is 5.51. The lowest BCUT2D eigenvalue weighted by Crippen LogP contribution is -2.24. The van der Waals surface area contributed by atoms with Crippen LogP contribution in [0.1, 0.15) is 31.3 Å². The smallest absolute Gasteiger partial charge is 0.308 e. The Hall–Kier alpha value is -1.69. The van der Waals surface area contributed by atoms with Gasteiger partial charge in [-0.05, 0) is 19.3 Å². The standard InChI is InChI=1S/C14H21N3O3/c1-3-4-10-6-17(8-12(10)14(19)20)7-11-5-13(18)16-9(2)15-11/h5,10,12H,3-4,6-8H2,1-2H3,(H,19,20)(H,15,16,18)/t10-,12-/m1/s1. The quantitative estimate of drug-likeness (QED) is 0.840. The molecule has 6 heteroatoms. The second-order valence-corrected chi connectivity index (χ2v) is 5.51. The van der Waals surface area contributed by atoms with Gasteiger partial charge in [-0.25, -0.2) is 4.98 Å². The van der Waals surface area contributed by atoms with Crippen molar-refractivity contribution in [3.8, 4) is 0 Å². The van der Waals surface area contributed by atoms with Crippen molar-refractivity contribution < 1.29 is 9.90 Å². The number of aryl methyl sites for hydroxylation is 1. The fourth-order valence-corrected chi connectivity index (χ4v) is 2.98. The molecule has 1 aromatic heterocycles. The van der Waals surface area contributed by atoms with Crippen LogP contribution in [0.5, 0.6) is 0 Å². The Morgan fingerprint density at radius 3 is 2.90 bits per heavy atom. The van der Waals surface area contributed by atoms with E-state index in [0.717, 1.165) is 19.4 Å². The molecule has 110 valence electrons. The van der Waals surface area contributed by atoms with Gasteiger partial charge in [0, 0.05) is 25.7 Å². The van der Waals surface area contributed by atoms with E-state index in [-0.39, 0.29) is 17.4 Å². The highest BCUT2D eigenvalue weighted by atomic mass is 16.4. The third-order valence-corrected chi connectivity index (χ3v) is 3.79. The SMILES string of the molecule is CCC[C@@H]1CN(Cc2cc(=O)[nH]c(C)n2)C[C@H]1C(=O)O. The molecule has 20 heavy (non-hydrogen) atoms. The van der Waals surface area contributed by atoms with Crippen molar-refractivity contribution in [1.29, 1.82) is 0 Å². The van der Waals surface area contributed by atoms with E-state index in [4.69, 9.17) is 0 Å². The third kappa shape index (κ3) is 3.45. The summed E-state index contributed by atoms with van der Waals surface area (Å²) in [5.41, 5.74) is 0.541. The van der Waals surface area contributed by atoms with Crippen molar-refractivity contribution in [3.63, 3.8) is 0 Å². The zero-order valence-corrected chi connectivity index (χ0v) is 11.9. The van der Waals surface area contributed by atoms with E-state index < -0.39 is 5.97 Å². The van der Waals surface area contributed by atoms with Gasteiger partial charge in [-0.15, -0.1) is 0 Å². The molecule has 2 heterocycles.